The van der Waals surface area contributed by atoms with E-state index in [1.807, 2.05) is 22.9 Å². The number of rotatable bonds is 4. The van der Waals surface area contributed by atoms with Gasteiger partial charge in [-0.15, -0.1) is 0 Å². The summed E-state index contributed by atoms with van der Waals surface area (Å²) in [7, 11) is 4.65. The lowest BCUT2D eigenvalue weighted by molar-refractivity contribution is -0.589. The molecule has 0 spiro atoms. The van der Waals surface area contributed by atoms with Crippen LogP contribution < -0.4 is 9.47 Å². The Labute approximate surface area is 125 Å². The predicted molar refractivity (Wildman–Crippen MR) is 79.6 cm³/mol. The number of benzene rings is 1. The number of esters is 1. The van der Waals surface area contributed by atoms with Crippen molar-refractivity contribution in [2.24, 2.45) is 0 Å². The third-order valence-electron chi connectivity index (χ3n) is 3.87. The number of fused-ring (bicyclic) bond motifs is 1. The minimum absolute atomic E-state index is 0.166. The van der Waals surface area contributed by atoms with Crippen molar-refractivity contribution in [1.82, 2.24) is 0 Å². The minimum Gasteiger partial charge on any atom is -0.493 e. The summed E-state index contributed by atoms with van der Waals surface area (Å²) in [6, 6.07) is 3.94. The maximum Gasteiger partial charge on any atom is 0.371 e. The van der Waals surface area contributed by atoms with Crippen LogP contribution in [0.4, 0.5) is 0 Å². The first-order valence-corrected chi connectivity index (χ1v) is 6.84. The summed E-state index contributed by atoms with van der Waals surface area (Å²) >= 11 is 0. The van der Waals surface area contributed by atoms with Crippen LogP contribution in [0.25, 0.3) is 0 Å². The molecule has 114 valence electrons. The Kier molecular flexibility index (Phi) is 4.21. The van der Waals surface area contributed by atoms with Gasteiger partial charge in [-0.1, -0.05) is 0 Å². The van der Waals surface area contributed by atoms with Crippen molar-refractivity contribution in [3.8, 4) is 11.5 Å². The summed E-state index contributed by atoms with van der Waals surface area (Å²) in [5, 5.41) is 0. The fourth-order valence-electron chi connectivity index (χ4n) is 2.58. The van der Waals surface area contributed by atoms with Crippen molar-refractivity contribution in [3.63, 3.8) is 0 Å². The maximum absolute atomic E-state index is 11.6. The zero-order chi connectivity index (χ0) is 15.6. The fourth-order valence-corrected chi connectivity index (χ4v) is 2.58. The highest BCUT2D eigenvalue weighted by molar-refractivity contribution is 5.82. The summed E-state index contributed by atoms with van der Waals surface area (Å²) < 4.78 is 17.5. The molecule has 0 amide bonds. The van der Waals surface area contributed by atoms with Crippen LogP contribution in [0, 0.1) is 0 Å². The Morgan fingerprint density at radius 2 is 1.81 bits per heavy atom. The van der Waals surface area contributed by atoms with Gasteiger partial charge in [0.05, 0.1) is 21.3 Å². The first-order chi connectivity index (χ1) is 9.91. The van der Waals surface area contributed by atoms with Gasteiger partial charge in [0.15, 0.2) is 23.3 Å². The second kappa shape index (κ2) is 5.76. The lowest BCUT2D eigenvalue weighted by Crippen LogP contribution is -2.45. The Bertz CT molecular complexity index is 590. The molecular weight excluding hydrogens is 270 g/mol. The number of methoxy groups -OCH3 is 3. The molecule has 1 aromatic rings. The lowest BCUT2D eigenvalue weighted by atomic mass is 9.88. The molecule has 1 aliphatic rings. The van der Waals surface area contributed by atoms with Gasteiger partial charge in [-0.3, -0.25) is 0 Å². The van der Waals surface area contributed by atoms with Crippen LogP contribution in [-0.2, 0) is 16.0 Å². The van der Waals surface area contributed by atoms with E-state index in [1.165, 1.54) is 12.7 Å². The van der Waals surface area contributed by atoms with E-state index in [2.05, 4.69) is 13.8 Å². The predicted octanol–water partition coefficient (Wildman–Crippen LogP) is 1.64. The molecule has 5 nitrogen and oxygen atoms in total. The van der Waals surface area contributed by atoms with Gasteiger partial charge in [0, 0.05) is 25.8 Å². The zero-order valence-corrected chi connectivity index (χ0v) is 13.2. The van der Waals surface area contributed by atoms with Crippen molar-refractivity contribution in [2.75, 3.05) is 27.9 Å². The van der Waals surface area contributed by atoms with E-state index in [4.69, 9.17) is 14.2 Å². The van der Waals surface area contributed by atoms with Crippen LogP contribution >= 0.6 is 0 Å². The molecule has 2 rings (SSSR count). The van der Waals surface area contributed by atoms with Crippen LogP contribution in [0.3, 0.4) is 0 Å². The van der Waals surface area contributed by atoms with E-state index < -0.39 is 0 Å². The quantitative estimate of drug-likeness (QED) is 0.625. The molecule has 0 aromatic heterocycles. The Morgan fingerprint density at radius 3 is 2.38 bits per heavy atom. The van der Waals surface area contributed by atoms with Gasteiger partial charge in [0.2, 0.25) is 6.54 Å². The molecule has 1 aliphatic heterocycles. The first-order valence-electron chi connectivity index (χ1n) is 6.84. The third-order valence-corrected chi connectivity index (χ3v) is 3.87. The Hall–Kier alpha value is -2.04. The summed E-state index contributed by atoms with van der Waals surface area (Å²) in [6.07, 6.45) is 2.80. The molecule has 1 heterocycles. The molecule has 0 unspecified atom stereocenters. The van der Waals surface area contributed by atoms with Crippen LogP contribution in [-0.4, -0.2) is 50.2 Å². The number of hydrogen-bond acceptors (Lipinski definition) is 4. The SMILES string of the molecule is COC(=O)C[N+]1=Cc2cc(OC)c(OC)cc2CC1(C)C. The monoisotopic (exact) mass is 292 g/mol. The van der Waals surface area contributed by atoms with Gasteiger partial charge in [-0.2, -0.15) is 0 Å². The molecule has 0 N–H and O–H groups in total. The standard InChI is InChI=1S/C16H22NO4/c1-16(2)8-11-6-13(19-3)14(20-4)7-12(11)9-17(16)10-15(18)21-5/h6-7,9H,8,10H2,1-5H3/q+1. The van der Waals surface area contributed by atoms with E-state index >= 15 is 0 Å². The summed E-state index contributed by atoms with van der Waals surface area (Å²) in [5.41, 5.74) is 2.05. The molecule has 0 aliphatic carbocycles. The lowest BCUT2D eigenvalue weighted by Gasteiger charge is -2.27. The van der Waals surface area contributed by atoms with Crippen LogP contribution in [0.15, 0.2) is 12.1 Å². The normalized spacial score (nSPS) is 15.8. The molecule has 0 radical (unpaired) electrons. The average Bonchev–Trinajstić information content (AvgIpc) is 2.46. The Balaban J connectivity index is 2.47. The van der Waals surface area contributed by atoms with Crippen molar-refractivity contribution in [2.45, 2.75) is 25.8 Å². The molecule has 0 fully saturated rings. The van der Waals surface area contributed by atoms with E-state index in [0.717, 1.165) is 17.7 Å². The molecule has 5 heteroatoms. The minimum atomic E-state index is -0.247. The number of carbonyl (C=O) groups is 1. The van der Waals surface area contributed by atoms with Gasteiger partial charge in [0.1, 0.15) is 0 Å². The second-order valence-electron chi connectivity index (χ2n) is 5.73. The molecule has 0 saturated heterocycles. The van der Waals surface area contributed by atoms with Crippen molar-refractivity contribution >= 4 is 12.2 Å². The van der Waals surface area contributed by atoms with Gasteiger partial charge >= 0.3 is 5.97 Å². The fraction of sp³-hybridized carbons (Fsp3) is 0.500. The van der Waals surface area contributed by atoms with Crippen LogP contribution in [0.2, 0.25) is 0 Å². The summed E-state index contributed by atoms with van der Waals surface area (Å²) in [6.45, 7) is 4.44. The van der Waals surface area contributed by atoms with E-state index in [1.54, 1.807) is 14.2 Å². The molecular formula is C16H22NO4+. The van der Waals surface area contributed by atoms with Crippen molar-refractivity contribution in [1.29, 1.82) is 0 Å². The number of ether oxygens (including phenoxy) is 3. The highest BCUT2D eigenvalue weighted by atomic mass is 16.5. The first kappa shape index (κ1) is 15.4. The number of nitrogens with zero attached hydrogens (tertiary/aromatic N) is 1. The molecule has 0 bridgehead atoms. The second-order valence-corrected chi connectivity index (χ2v) is 5.73. The summed E-state index contributed by atoms with van der Waals surface area (Å²) in [4.78, 5) is 11.6. The summed E-state index contributed by atoms with van der Waals surface area (Å²) in [5.74, 6) is 1.16. The van der Waals surface area contributed by atoms with E-state index in [-0.39, 0.29) is 18.1 Å². The third kappa shape index (κ3) is 3.01. The topological polar surface area (TPSA) is 47.8 Å². The molecule has 21 heavy (non-hydrogen) atoms. The zero-order valence-electron chi connectivity index (χ0n) is 13.2. The van der Waals surface area contributed by atoms with Gasteiger partial charge in [0.25, 0.3) is 0 Å². The molecule has 0 saturated carbocycles. The Morgan fingerprint density at radius 1 is 1.19 bits per heavy atom. The van der Waals surface area contributed by atoms with Crippen molar-refractivity contribution < 1.29 is 23.6 Å². The van der Waals surface area contributed by atoms with Gasteiger partial charge in [-0.25, -0.2) is 9.37 Å². The largest absolute Gasteiger partial charge is 0.493 e. The van der Waals surface area contributed by atoms with E-state index in [0.29, 0.717) is 5.75 Å². The van der Waals surface area contributed by atoms with Crippen LogP contribution in [0.5, 0.6) is 11.5 Å². The van der Waals surface area contributed by atoms with Gasteiger partial charge < -0.3 is 14.2 Å². The van der Waals surface area contributed by atoms with E-state index in [9.17, 15) is 4.79 Å². The van der Waals surface area contributed by atoms with Gasteiger partial charge in [-0.05, 0) is 17.7 Å². The smallest absolute Gasteiger partial charge is 0.371 e. The van der Waals surface area contributed by atoms with Crippen molar-refractivity contribution in [3.05, 3.63) is 23.3 Å². The highest BCUT2D eigenvalue weighted by Crippen LogP contribution is 2.34. The average molecular weight is 292 g/mol. The number of carbonyl (C=O) groups excluding carboxylic acids is 1. The number of hydrogen-bond donors (Lipinski definition) is 0. The van der Waals surface area contributed by atoms with Crippen LogP contribution in [0.1, 0.15) is 25.0 Å². The maximum atomic E-state index is 11.6. The molecule has 1 aromatic carbocycles. The molecule has 0 atom stereocenters. The highest BCUT2D eigenvalue weighted by Gasteiger charge is 2.37.